The van der Waals surface area contributed by atoms with E-state index in [0.29, 0.717) is 29.0 Å². The van der Waals surface area contributed by atoms with E-state index in [1.807, 2.05) is 7.05 Å². The van der Waals surface area contributed by atoms with Crippen molar-refractivity contribution in [2.24, 2.45) is 0 Å². The zero-order valence-electron chi connectivity index (χ0n) is 12.6. The number of amides is 1. The van der Waals surface area contributed by atoms with Crippen LogP contribution in [0.4, 0.5) is 11.4 Å². The van der Waals surface area contributed by atoms with Gasteiger partial charge in [0, 0.05) is 11.7 Å². The highest BCUT2D eigenvalue weighted by Crippen LogP contribution is 2.22. The van der Waals surface area contributed by atoms with Crippen molar-refractivity contribution < 1.29 is 4.79 Å². The molecule has 0 aromatic heterocycles. The highest BCUT2D eigenvalue weighted by atomic mass is 35.5. The Morgan fingerprint density at radius 3 is 2.76 bits per heavy atom. The molecule has 5 nitrogen and oxygen atoms in total. The monoisotopic (exact) mass is 310 g/mol. The van der Waals surface area contributed by atoms with Crippen LogP contribution in [0.25, 0.3) is 0 Å². The zero-order chi connectivity index (χ0) is 15.4. The van der Waals surface area contributed by atoms with Crippen LogP contribution in [0, 0.1) is 0 Å². The molecule has 1 aromatic carbocycles. The number of carbonyl (C=O) groups is 1. The predicted molar refractivity (Wildman–Crippen MR) is 87.6 cm³/mol. The third-order valence-electron chi connectivity index (χ3n) is 3.98. The fourth-order valence-corrected chi connectivity index (χ4v) is 2.73. The van der Waals surface area contributed by atoms with E-state index in [2.05, 4.69) is 22.2 Å². The number of halogens is 1. The number of piperidine rings is 1. The number of nitrogens with two attached hydrogens (primary N) is 1. The van der Waals surface area contributed by atoms with E-state index in [-0.39, 0.29) is 5.91 Å². The molecule has 1 aliphatic rings. The van der Waals surface area contributed by atoms with E-state index < -0.39 is 0 Å². The summed E-state index contributed by atoms with van der Waals surface area (Å²) in [7, 11) is 4.14. The fraction of sp³-hybridized carbons (Fsp3) is 0.533. The maximum absolute atomic E-state index is 12.1. The summed E-state index contributed by atoms with van der Waals surface area (Å²) < 4.78 is 0. The largest absolute Gasteiger partial charge is 0.397 e. The second kappa shape index (κ2) is 7.11. The van der Waals surface area contributed by atoms with Gasteiger partial charge in [-0.05, 0) is 58.2 Å². The summed E-state index contributed by atoms with van der Waals surface area (Å²) in [5, 5.41) is 3.36. The number of likely N-dealkylation sites (N-methyl/N-ethyl adjacent to an activating group) is 1. The third-order valence-corrected chi connectivity index (χ3v) is 4.33. The molecule has 0 aliphatic carbocycles. The third kappa shape index (κ3) is 4.59. The van der Waals surface area contributed by atoms with Crippen LogP contribution < -0.4 is 11.1 Å². The fourth-order valence-electron chi connectivity index (χ4n) is 2.61. The first-order valence-corrected chi connectivity index (χ1v) is 7.57. The minimum Gasteiger partial charge on any atom is -0.397 e. The van der Waals surface area contributed by atoms with Crippen LogP contribution in [-0.4, -0.2) is 55.5 Å². The van der Waals surface area contributed by atoms with Gasteiger partial charge in [0.1, 0.15) is 0 Å². The van der Waals surface area contributed by atoms with Crippen LogP contribution >= 0.6 is 11.6 Å². The molecule has 116 valence electrons. The van der Waals surface area contributed by atoms with Gasteiger partial charge in [-0.15, -0.1) is 0 Å². The standard InChI is InChI=1S/C15H23ClN4O/c1-19-7-5-12(6-8-19)20(2)10-15(21)18-11-3-4-13(16)14(17)9-11/h3-4,9,12H,5-8,10,17H2,1-2H3,(H,18,21). The highest BCUT2D eigenvalue weighted by Gasteiger charge is 2.21. The Hall–Kier alpha value is -1.30. The first kappa shape index (κ1) is 16.1. The maximum Gasteiger partial charge on any atom is 0.238 e. The number of nitrogens with one attached hydrogen (secondary N) is 1. The Morgan fingerprint density at radius 2 is 2.14 bits per heavy atom. The summed E-state index contributed by atoms with van der Waals surface area (Å²) >= 11 is 5.86. The van der Waals surface area contributed by atoms with Crippen molar-refractivity contribution in [2.45, 2.75) is 18.9 Å². The molecule has 0 unspecified atom stereocenters. The SMILES string of the molecule is CN1CCC(N(C)CC(=O)Nc2ccc(Cl)c(N)c2)CC1. The van der Waals surface area contributed by atoms with Crippen LogP contribution in [0.3, 0.4) is 0 Å². The van der Waals surface area contributed by atoms with Crippen LogP contribution in [0.5, 0.6) is 0 Å². The molecule has 1 aromatic rings. The van der Waals surface area contributed by atoms with Gasteiger partial charge in [0.15, 0.2) is 0 Å². The topological polar surface area (TPSA) is 61.6 Å². The second-order valence-corrected chi connectivity index (χ2v) is 6.14. The first-order valence-electron chi connectivity index (χ1n) is 7.19. The molecule has 1 heterocycles. The molecule has 0 saturated carbocycles. The molecule has 21 heavy (non-hydrogen) atoms. The Balaban J connectivity index is 1.84. The smallest absolute Gasteiger partial charge is 0.238 e. The van der Waals surface area contributed by atoms with Gasteiger partial charge < -0.3 is 16.0 Å². The summed E-state index contributed by atoms with van der Waals surface area (Å²) in [6.45, 7) is 2.56. The number of rotatable bonds is 4. The number of hydrogen-bond donors (Lipinski definition) is 2. The average molecular weight is 311 g/mol. The molecule has 1 saturated heterocycles. The average Bonchev–Trinajstić information content (AvgIpc) is 2.43. The van der Waals surface area contributed by atoms with Crippen LogP contribution in [0.2, 0.25) is 5.02 Å². The van der Waals surface area contributed by atoms with E-state index in [1.165, 1.54) is 0 Å². The van der Waals surface area contributed by atoms with Gasteiger partial charge in [-0.3, -0.25) is 9.69 Å². The molecular weight excluding hydrogens is 288 g/mol. The number of nitrogens with zero attached hydrogens (tertiary/aromatic N) is 2. The molecule has 0 atom stereocenters. The Kier molecular flexibility index (Phi) is 5.45. The first-order chi connectivity index (χ1) is 9.95. The van der Waals surface area contributed by atoms with Crippen molar-refractivity contribution in [1.29, 1.82) is 0 Å². The van der Waals surface area contributed by atoms with Gasteiger partial charge in [-0.25, -0.2) is 0 Å². The highest BCUT2D eigenvalue weighted by molar-refractivity contribution is 6.33. The van der Waals surface area contributed by atoms with E-state index in [0.717, 1.165) is 25.9 Å². The van der Waals surface area contributed by atoms with Crippen LogP contribution in [0.15, 0.2) is 18.2 Å². The normalized spacial score (nSPS) is 17.1. The van der Waals surface area contributed by atoms with E-state index >= 15 is 0 Å². The molecule has 3 N–H and O–H groups in total. The predicted octanol–water partition coefficient (Wildman–Crippen LogP) is 1.89. The molecule has 2 rings (SSSR count). The van der Waals surface area contributed by atoms with Crippen molar-refractivity contribution in [3.05, 3.63) is 23.2 Å². The Labute approximate surface area is 131 Å². The number of anilines is 2. The summed E-state index contributed by atoms with van der Waals surface area (Å²) in [5.74, 6) is -0.0295. The van der Waals surface area contributed by atoms with Crippen molar-refractivity contribution in [3.8, 4) is 0 Å². The van der Waals surface area contributed by atoms with E-state index in [1.54, 1.807) is 18.2 Å². The number of carbonyl (C=O) groups excluding carboxylic acids is 1. The molecule has 1 fully saturated rings. The van der Waals surface area contributed by atoms with Gasteiger partial charge in [0.25, 0.3) is 0 Å². The number of nitrogen functional groups attached to an aromatic ring is 1. The summed E-state index contributed by atoms with van der Waals surface area (Å²) in [5.41, 5.74) is 6.88. The minimum absolute atomic E-state index is 0.0295. The lowest BCUT2D eigenvalue weighted by molar-refractivity contribution is -0.117. The lowest BCUT2D eigenvalue weighted by atomic mass is 10.0. The summed E-state index contributed by atoms with van der Waals surface area (Å²) in [6, 6.07) is 5.59. The minimum atomic E-state index is -0.0295. The zero-order valence-corrected chi connectivity index (χ0v) is 13.4. The van der Waals surface area contributed by atoms with Crippen LogP contribution in [-0.2, 0) is 4.79 Å². The molecule has 1 aliphatic heterocycles. The van der Waals surface area contributed by atoms with Crippen molar-refractivity contribution >= 4 is 28.9 Å². The van der Waals surface area contributed by atoms with Crippen LogP contribution in [0.1, 0.15) is 12.8 Å². The van der Waals surface area contributed by atoms with Crippen molar-refractivity contribution in [3.63, 3.8) is 0 Å². The van der Waals surface area contributed by atoms with E-state index in [4.69, 9.17) is 17.3 Å². The lowest BCUT2D eigenvalue weighted by Gasteiger charge is -2.34. The van der Waals surface area contributed by atoms with Gasteiger partial charge in [-0.2, -0.15) is 0 Å². The van der Waals surface area contributed by atoms with Gasteiger partial charge in [-0.1, -0.05) is 11.6 Å². The van der Waals surface area contributed by atoms with Gasteiger partial charge in [0.2, 0.25) is 5.91 Å². The molecule has 6 heteroatoms. The maximum atomic E-state index is 12.1. The Bertz CT molecular complexity index is 500. The van der Waals surface area contributed by atoms with Crippen molar-refractivity contribution in [2.75, 3.05) is 44.8 Å². The number of hydrogen-bond acceptors (Lipinski definition) is 4. The lowest BCUT2D eigenvalue weighted by Crippen LogP contribution is -2.44. The summed E-state index contributed by atoms with van der Waals surface area (Å²) in [6.07, 6.45) is 2.21. The van der Waals surface area contributed by atoms with Gasteiger partial charge >= 0.3 is 0 Å². The quantitative estimate of drug-likeness (QED) is 0.834. The molecule has 0 bridgehead atoms. The van der Waals surface area contributed by atoms with E-state index in [9.17, 15) is 4.79 Å². The Morgan fingerprint density at radius 1 is 1.48 bits per heavy atom. The van der Waals surface area contributed by atoms with Crippen molar-refractivity contribution in [1.82, 2.24) is 9.80 Å². The molecule has 1 amide bonds. The second-order valence-electron chi connectivity index (χ2n) is 5.73. The number of benzene rings is 1. The molecular formula is C15H23ClN4O. The molecule has 0 spiro atoms. The summed E-state index contributed by atoms with van der Waals surface area (Å²) in [4.78, 5) is 16.5. The molecule has 0 radical (unpaired) electrons. The number of likely N-dealkylation sites (tertiary alicyclic amines) is 1. The van der Waals surface area contributed by atoms with Gasteiger partial charge in [0.05, 0.1) is 17.3 Å².